The summed E-state index contributed by atoms with van der Waals surface area (Å²) < 4.78 is 13.4. The van der Waals surface area contributed by atoms with Gasteiger partial charge in [-0.05, 0) is 47.5 Å². The lowest BCUT2D eigenvalue weighted by atomic mass is 10.1. The van der Waals surface area contributed by atoms with Gasteiger partial charge in [-0.3, -0.25) is 9.00 Å². The van der Waals surface area contributed by atoms with E-state index in [0.717, 1.165) is 36.6 Å². The Morgan fingerprint density at radius 1 is 1.35 bits per heavy atom. The first kappa shape index (κ1) is 14.3. The smallest absolute Gasteiger partial charge is 0.283 e. The topological polar surface area (TPSA) is 64.0 Å². The fraction of sp³-hybridized carbons (Fsp3) is 0.692. The van der Waals surface area contributed by atoms with Crippen LogP contribution in [0.4, 0.5) is 5.69 Å². The SMILES string of the molecule is O=c1c(Br)c(NC2CCS(=O)CC2)cnn1CC1CC1. The largest absolute Gasteiger partial charge is 0.380 e. The van der Waals surface area contributed by atoms with Gasteiger partial charge >= 0.3 is 0 Å². The van der Waals surface area contributed by atoms with E-state index >= 15 is 0 Å². The van der Waals surface area contributed by atoms with Crippen LogP contribution < -0.4 is 10.9 Å². The molecule has 0 bridgehead atoms. The molecule has 1 aromatic rings. The van der Waals surface area contributed by atoms with E-state index < -0.39 is 10.8 Å². The lowest BCUT2D eigenvalue weighted by Gasteiger charge is -2.24. The Kier molecular flexibility index (Phi) is 4.26. The van der Waals surface area contributed by atoms with Crippen LogP contribution in [-0.4, -0.2) is 31.5 Å². The molecule has 7 heteroatoms. The maximum Gasteiger partial charge on any atom is 0.283 e. The fourth-order valence-electron chi connectivity index (χ4n) is 2.40. The summed E-state index contributed by atoms with van der Waals surface area (Å²) in [5, 5.41) is 7.60. The molecule has 110 valence electrons. The molecule has 0 unspecified atom stereocenters. The van der Waals surface area contributed by atoms with Crippen LogP contribution in [0.15, 0.2) is 15.5 Å². The molecule has 1 aliphatic heterocycles. The van der Waals surface area contributed by atoms with Crippen molar-refractivity contribution in [2.45, 2.75) is 38.3 Å². The number of nitrogens with zero attached hydrogens (tertiary/aromatic N) is 2. The van der Waals surface area contributed by atoms with E-state index in [1.165, 1.54) is 12.8 Å². The summed E-state index contributed by atoms with van der Waals surface area (Å²) in [6.07, 6.45) is 5.88. The lowest BCUT2D eigenvalue weighted by Crippen LogP contribution is -2.31. The Morgan fingerprint density at radius 2 is 2.05 bits per heavy atom. The van der Waals surface area contributed by atoms with Gasteiger partial charge in [0.2, 0.25) is 0 Å². The van der Waals surface area contributed by atoms with Crippen LogP contribution in [0.2, 0.25) is 0 Å². The van der Waals surface area contributed by atoms with Gasteiger partial charge in [0.25, 0.3) is 5.56 Å². The van der Waals surface area contributed by atoms with Gasteiger partial charge in [-0.1, -0.05) is 0 Å². The highest BCUT2D eigenvalue weighted by atomic mass is 79.9. The first-order valence-electron chi connectivity index (χ1n) is 7.00. The molecular weight excluding hydrogens is 342 g/mol. The van der Waals surface area contributed by atoms with Crippen molar-refractivity contribution in [2.24, 2.45) is 5.92 Å². The molecule has 0 amide bonds. The minimum atomic E-state index is -0.665. The molecule has 1 aliphatic carbocycles. The van der Waals surface area contributed by atoms with Gasteiger partial charge in [-0.2, -0.15) is 5.10 Å². The summed E-state index contributed by atoms with van der Waals surface area (Å²) in [7, 11) is -0.665. The van der Waals surface area contributed by atoms with E-state index in [-0.39, 0.29) is 11.6 Å². The van der Waals surface area contributed by atoms with E-state index in [2.05, 4.69) is 26.3 Å². The van der Waals surface area contributed by atoms with Gasteiger partial charge in [0.1, 0.15) is 4.47 Å². The second-order valence-corrected chi connectivity index (χ2v) is 8.06. The second kappa shape index (κ2) is 5.97. The molecule has 2 fully saturated rings. The summed E-state index contributed by atoms with van der Waals surface area (Å²) in [6, 6.07) is 0.282. The molecule has 0 atom stereocenters. The highest BCUT2D eigenvalue weighted by Crippen LogP contribution is 2.30. The van der Waals surface area contributed by atoms with E-state index in [0.29, 0.717) is 10.4 Å². The van der Waals surface area contributed by atoms with Crippen LogP contribution in [0.3, 0.4) is 0 Å². The maximum absolute atomic E-state index is 12.2. The van der Waals surface area contributed by atoms with Crippen molar-refractivity contribution in [2.75, 3.05) is 16.8 Å². The number of rotatable bonds is 4. The van der Waals surface area contributed by atoms with Crippen molar-refractivity contribution in [3.8, 4) is 0 Å². The number of hydrogen-bond donors (Lipinski definition) is 1. The second-order valence-electron chi connectivity index (χ2n) is 5.57. The van der Waals surface area contributed by atoms with Crippen LogP contribution in [-0.2, 0) is 17.3 Å². The zero-order valence-corrected chi connectivity index (χ0v) is 13.6. The summed E-state index contributed by atoms with van der Waals surface area (Å²) in [4.78, 5) is 12.2. The number of aromatic nitrogens is 2. The Morgan fingerprint density at radius 3 is 2.70 bits per heavy atom. The van der Waals surface area contributed by atoms with Gasteiger partial charge < -0.3 is 5.32 Å². The van der Waals surface area contributed by atoms with Crippen molar-refractivity contribution >= 4 is 32.4 Å². The molecule has 1 saturated heterocycles. The van der Waals surface area contributed by atoms with Crippen molar-refractivity contribution < 1.29 is 4.21 Å². The highest BCUT2D eigenvalue weighted by molar-refractivity contribution is 9.10. The molecule has 1 N–H and O–H groups in total. The monoisotopic (exact) mass is 359 g/mol. The number of nitrogens with one attached hydrogen (secondary N) is 1. The Bertz CT molecular complexity index is 575. The normalized spacial score (nSPS) is 26.4. The number of hydrogen-bond acceptors (Lipinski definition) is 4. The number of anilines is 1. The molecule has 0 radical (unpaired) electrons. The van der Waals surface area contributed by atoms with Crippen LogP contribution in [0.1, 0.15) is 25.7 Å². The summed E-state index contributed by atoms with van der Waals surface area (Å²) >= 11 is 3.38. The van der Waals surface area contributed by atoms with E-state index in [1.54, 1.807) is 10.9 Å². The first-order valence-corrected chi connectivity index (χ1v) is 9.28. The zero-order valence-electron chi connectivity index (χ0n) is 11.2. The summed E-state index contributed by atoms with van der Waals surface area (Å²) in [6.45, 7) is 0.722. The van der Waals surface area contributed by atoms with Gasteiger partial charge in [0.05, 0.1) is 11.9 Å². The van der Waals surface area contributed by atoms with Crippen molar-refractivity contribution in [1.29, 1.82) is 0 Å². The van der Waals surface area contributed by atoms with E-state index in [4.69, 9.17) is 0 Å². The van der Waals surface area contributed by atoms with Gasteiger partial charge in [0.15, 0.2) is 0 Å². The van der Waals surface area contributed by atoms with Crippen molar-refractivity contribution in [3.05, 3.63) is 21.0 Å². The predicted molar refractivity (Wildman–Crippen MR) is 83.4 cm³/mol. The van der Waals surface area contributed by atoms with Gasteiger partial charge in [-0.15, -0.1) is 0 Å². The Labute approximate surface area is 128 Å². The molecule has 2 heterocycles. The minimum absolute atomic E-state index is 0.0683. The van der Waals surface area contributed by atoms with Crippen molar-refractivity contribution in [3.63, 3.8) is 0 Å². The third-order valence-corrected chi connectivity index (χ3v) is 6.01. The van der Waals surface area contributed by atoms with Crippen molar-refractivity contribution in [1.82, 2.24) is 9.78 Å². The van der Waals surface area contributed by atoms with Crippen LogP contribution in [0.25, 0.3) is 0 Å². The Balaban J connectivity index is 1.71. The average Bonchev–Trinajstić information content (AvgIpc) is 3.25. The molecule has 2 aliphatic rings. The summed E-state index contributed by atoms with van der Waals surface area (Å²) in [5.41, 5.74) is 0.681. The van der Waals surface area contributed by atoms with E-state index in [9.17, 15) is 9.00 Å². The zero-order chi connectivity index (χ0) is 14.1. The van der Waals surface area contributed by atoms with Gasteiger partial charge in [0, 0.05) is 34.9 Å². The van der Waals surface area contributed by atoms with E-state index in [1.807, 2.05) is 0 Å². The quantitative estimate of drug-likeness (QED) is 0.889. The predicted octanol–water partition coefficient (Wildman–Crippen LogP) is 1.74. The third kappa shape index (κ3) is 3.31. The molecule has 3 rings (SSSR count). The standard InChI is InChI=1S/C13H18BrN3O2S/c14-12-11(16-10-3-5-20(19)6-4-10)7-15-17(13(12)18)8-9-1-2-9/h7,9-10,16H,1-6,8H2. The molecule has 20 heavy (non-hydrogen) atoms. The summed E-state index contributed by atoms with van der Waals surface area (Å²) in [5.74, 6) is 2.10. The first-order chi connectivity index (χ1) is 9.63. The number of halogens is 1. The van der Waals surface area contributed by atoms with Gasteiger partial charge in [-0.25, -0.2) is 4.68 Å². The highest BCUT2D eigenvalue weighted by Gasteiger charge is 2.24. The lowest BCUT2D eigenvalue weighted by molar-refractivity contribution is 0.531. The Hall–Kier alpha value is -0.690. The van der Waals surface area contributed by atoms with Crippen LogP contribution in [0.5, 0.6) is 0 Å². The molecule has 1 aromatic heterocycles. The fourth-order valence-corrected chi connectivity index (χ4v) is 4.12. The minimum Gasteiger partial charge on any atom is -0.380 e. The molecule has 5 nitrogen and oxygen atoms in total. The molecular formula is C13H18BrN3O2S. The average molecular weight is 360 g/mol. The van der Waals surface area contributed by atoms with Crippen LogP contribution >= 0.6 is 15.9 Å². The van der Waals surface area contributed by atoms with Crippen LogP contribution in [0, 0.1) is 5.92 Å². The maximum atomic E-state index is 12.2. The molecule has 0 spiro atoms. The molecule has 1 saturated carbocycles. The third-order valence-electron chi connectivity index (χ3n) is 3.86. The molecule has 0 aromatic carbocycles.